The van der Waals surface area contributed by atoms with Crippen molar-refractivity contribution in [2.75, 3.05) is 11.9 Å². The highest BCUT2D eigenvalue weighted by Crippen LogP contribution is 2.19. The van der Waals surface area contributed by atoms with Crippen LogP contribution in [-0.4, -0.2) is 18.4 Å². The molecule has 5 nitrogen and oxygen atoms in total. The third-order valence-electron chi connectivity index (χ3n) is 4.41. The molecular formula is C24H23FN2O3. The van der Waals surface area contributed by atoms with Gasteiger partial charge in [-0.1, -0.05) is 30.3 Å². The molecule has 3 rings (SSSR count). The predicted molar refractivity (Wildman–Crippen MR) is 114 cm³/mol. The first-order valence-electron chi connectivity index (χ1n) is 9.61. The van der Waals surface area contributed by atoms with Crippen molar-refractivity contribution in [2.24, 2.45) is 0 Å². The van der Waals surface area contributed by atoms with E-state index in [0.29, 0.717) is 36.6 Å². The maximum Gasteiger partial charge on any atom is 0.255 e. The van der Waals surface area contributed by atoms with Crippen LogP contribution in [0.25, 0.3) is 0 Å². The smallest absolute Gasteiger partial charge is 0.255 e. The molecule has 0 aliphatic heterocycles. The molecule has 6 heteroatoms. The minimum atomic E-state index is -0.288. The predicted octanol–water partition coefficient (Wildman–Crippen LogP) is 4.34. The Bertz CT molecular complexity index is 1000. The summed E-state index contributed by atoms with van der Waals surface area (Å²) in [5.41, 5.74) is 3.04. The molecule has 0 atom stereocenters. The summed E-state index contributed by atoms with van der Waals surface area (Å²) in [5.74, 6) is 0.0311. The number of hydrogen-bond acceptors (Lipinski definition) is 3. The fraction of sp³-hybridized carbons (Fsp3) is 0.167. The molecule has 0 saturated heterocycles. The summed E-state index contributed by atoms with van der Waals surface area (Å²) in [6, 6.07) is 20.5. The first-order chi connectivity index (χ1) is 14.5. The van der Waals surface area contributed by atoms with Gasteiger partial charge in [0.15, 0.2) is 0 Å². The number of hydrogen-bond donors (Lipinski definition) is 2. The van der Waals surface area contributed by atoms with E-state index in [4.69, 9.17) is 4.74 Å². The lowest BCUT2D eigenvalue weighted by Gasteiger charge is -2.10. The van der Waals surface area contributed by atoms with E-state index >= 15 is 0 Å². The quantitative estimate of drug-likeness (QED) is 0.585. The minimum Gasteiger partial charge on any atom is -0.489 e. The molecule has 3 aromatic rings. The van der Waals surface area contributed by atoms with E-state index < -0.39 is 0 Å². The Morgan fingerprint density at radius 1 is 0.933 bits per heavy atom. The van der Waals surface area contributed by atoms with Crippen LogP contribution >= 0.6 is 0 Å². The molecular weight excluding hydrogens is 383 g/mol. The number of anilines is 1. The Labute approximate surface area is 174 Å². The Hall–Kier alpha value is -3.67. The van der Waals surface area contributed by atoms with Gasteiger partial charge in [-0.3, -0.25) is 9.59 Å². The van der Waals surface area contributed by atoms with Crippen LogP contribution in [-0.2, 0) is 17.8 Å². The molecule has 0 radical (unpaired) electrons. The van der Waals surface area contributed by atoms with E-state index in [2.05, 4.69) is 10.6 Å². The van der Waals surface area contributed by atoms with Crippen LogP contribution in [0, 0.1) is 5.82 Å². The minimum absolute atomic E-state index is 0.0603. The first-order valence-corrected chi connectivity index (χ1v) is 9.61. The summed E-state index contributed by atoms with van der Waals surface area (Å²) in [6.07, 6.45) is 0.703. The molecule has 154 valence electrons. The molecule has 0 spiro atoms. The Morgan fingerprint density at radius 3 is 2.33 bits per heavy atom. The molecule has 0 unspecified atom stereocenters. The molecule has 0 aromatic heterocycles. The molecule has 30 heavy (non-hydrogen) atoms. The van der Waals surface area contributed by atoms with Crippen molar-refractivity contribution < 1.29 is 18.7 Å². The van der Waals surface area contributed by atoms with Crippen LogP contribution in [0.5, 0.6) is 5.75 Å². The standard InChI is InChI=1S/C24H23FN2O3/c1-17(28)26-14-13-18-5-9-20(10-6-18)24(29)27-22-3-2-4-23(15-22)30-16-19-7-11-21(25)12-8-19/h2-12,15H,13-14,16H2,1H3,(H,26,28)(H,27,29). The number of nitrogens with one attached hydrogen (secondary N) is 2. The van der Waals surface area contributed by atoms with Crippen molar-refractivity contribution in [3.05, 3.63) is 95.3 Å². The van der Waals surface area contributed by atoms with Crippen LogP contribution in [0.2, 0.25) is 0 Å². The van der Waals surface area contributed by atoms with Gasteiger partial charge in [-0.2, -0.15) is 0 Å². The van der Waals surface area contributed by atoms with Gasteiger partial charge in [0, 0.05) is 30.8 Å². The normalized spacial score (nSPS) is 10.3. The van der Waals surface area contributed by atoms with Gasteiger partial charge in [-0.05, 0) is 53.9 Å². The highest BCUT2D eigenvalue weighted by atomic mass is 19.1. The largest absolute Gasteiger partial charge is 0.489 e. The second-order valence-electron chi connectivity index (χ2n) is 6.83. The molecule has 2 amide bonds. The summed E-state index contributed by atoms with van der Waals surface area (Å²) in [4.78, 5) is 23.4. The van der Waals surface area contributed by atoms with E-state index in [0.717, 1.165) is 11.1 Å². The number of rotatable bonds is 8. The Kier molecular flexibility index (Phi) is 7.16. The van der Waals surface area contributed by atoms with Crippen LogP contribution < -0.4 is 15.4 Å². The van der Waals surface area contributed by atoms with Gasteiger partial charge < -0.3 is 15.4 Å². The van der Waals surface area contributed by atoms with Crippen LogP contribution in [0.1, 0.15) is 28.4 Å². The average Bonchev–Trinajstić information content (AvgIpc) is 2.74. The number of carbonyl (C=O) groups is 2. The van der Waals surface area contributed by atoms with E-state index in [9.17, 15) is 14.0 Å². The van der Waals surface area contributed by atoms with E-state index in [1.807, 2.05) is 12.1 Å². The zero-order chi connectivity index (χ0) is 21.3. The second-order valence-corrected chi connectivity index (χ2v) is 6.83. The monoisotopic (exact) mass is 406 g/mol. The van der Waals surface area contributed by atoms with Crippen molar-refractivity contribution >= 4 is 17.5 Å². The van der Waals surface area contributed by atoms with Gasteiger partial charge in [0.05, 0.1) is 0 Å². The Balaban J connectivity index is 1.55. The molecule has 0 saturated carbocycles. The van der Waals surface area contributed by atoms with E-state index in [-0.39, 0.29) is 17.6 Å². The molecule has 0 aliphatic carbocycles. The first kappa shape index (κ1) is 21.0. The Morgan fingerprint density at radius 2 is 1.63 bits per heavy atom. The maximum atomic E-state index is 13.0. The molecule has 0 heterocycles. The lowest BCUT2D eigenvalue weighted by molar-refractivity contribution is -0.118. The van der Waals surface area contributed by atoms with Gasteiger partial charge in [0.25, 0.3) is 5.91 Å². The highest BCUT2D eigenvalue weighted by molar-refractivity contribution is 6.04. The van der Waals surface area contributed by atoms with Gasteiger partial charge in [-0.25, -0.2) is 4.39 Å². The SMILES string of the molecule is CC(=O)NCCc1ccc(C(=O)Nc2cccc(OCc3ccc(F)cc3)c2)cc1. The van der Waals surface area contributed by atoms with Crippen molar-refractivity contribution in [3.63, 3.8) is 0 Å². The third kappa shape index (κ3) is 6.44. The summed E-state index contributed by atoms with van der Waals surface area (Å²) in [7, 11) is 0. The van der Waals surface area contributed by atoms with Crippen LogP contribution in [0.4, 0.5) is 10.1 Å². The number of halogens is 1. The fourth-order valence-corrected chi connectivity index (χ4v) is 2.82. The molecule has 0 aliphatic rings. The zero-order valence-corrected chi connectivity index (χ0v) is 16.7. The zero-order valence-electron chi connectivity index (χ0n) is 16.7. The topological polar surface area (TPSA) is 67.4 Å². The summed E-state index contributed by atoms with van der Waals surface area (Å²) in [6.45, 7) is 2.35. The van der Waals surface area contributed by atoms with Gasteiger partial charge in [0.1, 0.15) is 18.2 Å². The van der Waals surface area contributed by atoms with Gasteiger partial charge in [0.2, 0.25) is 5.91 Å². The summed E-state index contributed by atoms with van der Waals surface area (Å²) < 4.78 is 18.7. The number of carbonyl (C=O) groups excluding carboxylic acids is 2. The lowest BCUT2D eigenvalue weighted by atomic mass is 10.1. The second kappa shape index (κ2) is 10.2. The van der Waals surface area contributed by atoms with Gasteiger partial charge >= 0.3 is 0 Å². The van der Waals surface area contributed by atoms with E-state index in [1.165, 1.54) is 19.1 Å². The maximum absolute atomic E-state index is 13.0. The highest BCUT2D eigenvalue weighted by Gasteiger charge is 2.07. The van der Waals surface area contributed by atoms with Crippen molar-refractivity contribution in [1.29, 1.82) is 0 Å². The molecule has 3 aromatic carbocycles. The molecule has 0 bridgehead atoms. The van der Waals surface area contributed by atoms with E-state index in [1.54, 1.807) is 48.5 Å². The number of ether oxygens (including phenoxy) is 1. The summed E-state index contributed by atoms with van der Waals surface area (Å²) >= 11 is 0. The number of amides is 2. The molecule has 2 N–H and O–H groups in total. The van der Waals surface area contributed by atoms with Crippen molar-refractivity contribution in [3.8, 4) is 5.75 Å². The van der Waals surface area contributed by atoms with Crippen LogP contribution in [0.15, 0.2) is 72.8 Å². The fourth-order valence-electron chi connectivity index (χ4n) is 2.82. The van der Waals surface area contributed by atoms with Crippen LogP contribution in [0.3, 0.4) is 0 Å². The van der Waals surface area contributed by atoms with Gasteiger partial charge in [-0.15, -0.1) is 0 Å². The average molecular weight is 406 g/mol. The lowest BCUT2D eigenvalue weighted by Crippen LogP contribution is -2.22. The van der Waals surface area contributed by atoms with Crippen molar-refractivity contribution in [1.82, 2.24) is 5.32 Å². The number of benzene rings is 3. The third-order valence-corrected chi connectivity index (χ3v) is 4.41. The summed E-state index contributed by atoms with van der Waals surface area (Å²) in [5, 5.41) is 5.60. The molecule has 0 fully saturated rings. The van der Waals surface area contributed by atoms with Crippen molar-refractivity contribution in [2.45, 2.75) is 20.0 Å².